The second kappa shape index (κ2) is 8.61. The largest absolute Gasteiger partial charge is 0.450 e. The van der Waals surface area contributed by atoms with Crippen LogP contribution in [0.15, 0.2) is 60.7 Å². The standard InChI is InChI=1S/C22H25NO3S/c1-3-26-21(25)23-16-10-15-20(23)22(27-17(2)24,18-11-6-4-7-12-18)19-13-8-5-9-14-19/h4-9,11-14,20H,3,10,15-16H2,1-2H3. The molecule has 0 aromatic heterocycles. The molecule has 0 radical (unpaired) electrons. The van der Waals surface area contributed by atoms with E-state index in [9.17, 15) is 9.59 Å². The highest BCUT2D eigenvalue weighted by atomic mass is 32.2. The van der Waals surface area contributed by atoms with Gasteiger partial charge in [0.2, 0.25) is 0 Å². The lowest BCUT2D eigenvalue weighted by molar-refractivity contribution is -0.109. The van der Waals surface area contributed by atoms with Gasteiger partial charge in [-0.05, 0) is 30.9 Å². The monoisotopic (exact) mass is 383 g/mol. The highest BCUT2D eigenvalue weighted by Crippen LogP contribution is 2.50. The minimum absolute atomic E-state index is 0.0263. The van der Waals surface area contributed by atoms with Gasteiger partial charge in [0.25, 0.3) is 0 Å². The lowest BCUT2D eigenvalue weighted by atomic mass is 9.82. The van der Waals surface area contributed by atoms with Crippen molar-refractivity contribution in [1.29, 1.82) is 0 Å². The molecule has 0 spiro atoms. The molecule has 0 N–H and O–H groups in total. The predicted molar refractivity (Wildman–Crippen MR) is 109 cm³/mol. The van der Waals surface area contributed by atoms with E-state index < -0.39 is 4.75 Å². The highest BCUT2D eigenvalue weighted by molar-refractivity contribution is 8.14. The molecule has 3 rings (SSSR count). The highest BCUT2D eigenvalue weighted by Gasteiger charge is 2.50. The van der Waals surface area contributed by atoms with E-state index >= 15 is 0 Å². The van der Waals surface area contributed by atoms with Gasteiger partial charge in [0.05, 0.1) is 17.4 Å². The van der Waals surface area contributed by atoms with E-state index in [0.29, 0.717) is 13.2 Å². The van der Waals surface area contributed by atoms with Crippen molar-refractivity contribution in [2.45, 2.75) is 37.5 Å². The maximum absolute atomic E-state index is 12.7. The Kier molecular flexibility index (Phi) is 6.22. The second-order valence-electron chi connectivity index (χ2n) is 6.61. The maximum Gasteiger partial charge on any atom is 0.410 e. The Balaban J connectivity index is 2.19. The van der Waals surface area contributed by atoms with E-state index in [2.05, 4.69) is 0 Å². The van der Waals surface area contributed by atoms with Gasteiger partial charge in [-0.25, -0.2) is 4.79 Å². The Morgan fingerprint density at radius 3 is 2.11 bits per heavy atom. The molecule has 0 saturated carbocycles. The summed E-state index contributed by atoms with van der Waals surface area (Å²) in [6, 6.07) is 19.9. The van der Waals surface area contributed by atoms with Crippen molar-refractivity contribution >= 4 is 23.0 Å². The van der Waals surface area contributed by atoms with Gasteiger partial charge in [-0.2, -0.15) is 0 Å². The van der Waals surface area contributed by atoms with E-state index in [1.165, 1.54) is 11.8 Å². The zero-order chi connectivity index (χ0) is 19.3. The van der Waals surface area contributed by atoms with Crippen molar-refractivity contribution in [3.05, 3.63) is 71.8 Å². The first-order valence-electron chi connectivity index (χ1n) is 9.33. The van der Waals surface area contributed by atoms with Gasteiger partial charge in [-0.3, -0.25) is 4.79 Å². The Morgan fingerprint density at radius 2 is 1.63 bits per heavy atom. The molecule has 1 aliphatic heterocycles. The molecule has 4 nitrogen and oxygen atoms in total. The van der Waals surface area contributed by atoms with Crippen molar-refractivity contribution < 1.29 is 14.3 Å². The summed E-state index contributed by atoms with van der Waals surface area (Å²) < 4.78 is 4.65. The van der Waals surface area contributed by atoms with Crippen molar-refractivity contribution in [2.24, 2.45) is 0 Å². The van der Waals surface area contributed by atoms with Gasteiger partial charge in [0.15, 0.2) is 5.12 Å². The number of ether oxygens (including phenoxy) is 1. The van der Waals surface area contributed by atoms with Crippen LogP contribution in [0, 0.1) is 0 Å². The van der Waals surface area contributed by atoms with E-state index in [1.807, 2.05) is 67.6 Å². The molecule has 27 heavy (non-hydrogen) atoms. The number of amides is 1. The number of carbonyl (C=O) groups is 2. The summed E-state index contributed by atoms with van der Waals surface area (Å²) in [6.07, 6.45) is 1.41. The van der Waals surface area contributed by atoms with Crippen LogP contribution in [0.5, 0.6) is 0 Å². The summed E-state index contributed by atoms with van der Waals surface area (Å²) >= 11 is 1.30. The Bertz CT molecular complexity index is 739. The molecule has 1 atom stereocenters. The van der Waals surface area contributed by atoms with Gasteiger partial charge in [0, 0.05) is 13.5 Å². The van der Waals surface area contributed by atoms with Gasteiger partial charge in [-0.1, -0.05) is 72.4 Å². The van der Waals surface area contributed by atoms with Gasteiger partial charge >= 0.3 is 6.09 Å². The third-order valence-corrected chi connectivity index (χ3v) is 6.29. The van der Waals surface area contributed by atoms with Crippen LogP contribution in [0.1, 0.15) is 37.8 Å². The number of nitrogens with zero attached hydrogens (tertiary/aromatic N) is 1. The third-order valence-electron chi connectivity index (χ3n) is 4.93. The predicted octanol–water partition coefficient (Wildman–Crippen LogP) is 4.83. The Hall–Kier alpha value is -2.27. The number of benzene rings is 2. The fourth-order valence-corrected chi connectivity index (χ4v) is 5.29. The molecule has 1 saturated heterocycles. The minimum Gasteiger partial charge on any atom is -0.450 e. The molecule has 5 heteroatoms. The zero-order valence-corrected chi connectivity index (χ0v) is 16.6. The van der Waals surface area contributed by atoms with E-state index in [0.717, 1.165) is 24.0 Å². The van der Waals surface area contributed by atoms with Crippen molar-refractivity contribution in [1.82, 2.24) is 4.90 Å². The van der Waals surface area contributed by atoms with Crippen LogP contribution < -0.4 is 0 Å². The quantitative estimate of drug-likeness (QED) is 0.742. The van der Waals surface area contributed by atoms with E-state index in [1.54, 1.807) is 11.8 Å². The fraction of sp³-hybridized carbons (Fsp3) is 0.364. The van der Waals surface area contributed by atoms with Crippen LogP contribution in [0.25, 0.3) is 0 Å². The SMILES string of the molecule is CCOC(=O)N1CCCC1C(SC(C)=O)(c1ccccc1)c1ccccc1. The van der Waals surface area contributed by atoms with Crippen molar-refractivity contribution in [2.75, 3.05) is 13.2 Å². The molecule has 1 unspecified atom stereocenters. The number of carbonyl (C=O) groups excluding carboxylic acids is 2. The first-order valence-corrected chi connectivity index (χ1v) is 10.1. The number of rotatable bonds is 5. The number of thioether (sulfide) groups is 1. The average Bonchev–Trinajstić information content (AvgIpc) is 3.18. The molecule has 142 valence electrons. The topological polar surface area (TPSA) is 46.6 Å². The van der Waals surface area contributed by atoms with Crippen LogP contribution in [-0.2, 0) is 14.3 Å². The van der Waals surface area contributed by atoms with Crippen LogP contribution in [-0.4, -0.2) is 35.3 Å². The fourth-order valence-electron chi connectivity index (χ4n) is 3.95. The Labute approximate surface area is 164 Å². The lowest BCUT2D eigenvalue weighted by Gasteiger charge is -2.42. The molecule has 0 bridgehead atoms. The summed E-state index contributed by atoms with van der Waals surface area (Å²) in [5, 5.41) is 0.0263. The molecule has 1 heterocycles. The molecule has 1 aliphatic rings. The molecular weight excluding hydrogens is 358 g/mol. The molecule has 2 aromatic rings. The summed E-state index contributed by atoms with van der Waals surface area (Å²) in [5.41, 5.74) is 2.05. The summed E-state index contributed by atoms with van der Waals surface area (Å²) in [6.45, 7) is 4.39. The molecule has 2 aromatic carbocycles. The second-order valence-corrected chi connectivity index (χ2v) is 8.03. The normalized spacial score (nSPS) is 17.0. The average molecular weight is 384 g/mol. The molecule has 0 aliphatic carbocycles. The number of hydrogen-bond donors (Lipinski definition) is 0. The first-order chi connectivity index (χ1) is 13.1. The van der Waals surface area contributed by atoms with Crippen molar-refractivity contribution in [3.8, 4) is 0 Å². The molecule has 1 fully saturated rings. The lowest BCUT2D eigenvalue weighted by Crippen LogP contribution is -2.49. The summed E-state index contributed by atoms with van der Waals surface area (Å²) in [5.74, 6) is 0. The Morgan fingerprint density at radius 1 is 1.07 bits per heavy atom. The maximum atomic E-state index is 12.7. The zero-order valence-electron chi connectivity index (χ0n) is 15.8. The van der Waals surface area contributed by atoms with Crippen molar-refractivity contribution in [3.63, 3.8) is 0 Å². The summed E-state index contributed by atoms with van der Waals surface area (Å²) in [7, 11) is 0. The number of hydrogen-bond acceptors (Lipinski definition) is 4. The van der Waals surface area contributed by atoms with Crippen LogP contribution in [0.2, 0.25) is 0 Å². The smallest absolute Gasteiger partial charge is 0.410 e. The van der Waals surface area contributed by atoms with Gasteiger partial charge in [-0.15, -0.1) is 0 Å². The van der Waals surface area contributed by atoms with E-state index in [4.69, 9.17) is 4.74 Å². The van der Waals surface area contributed by atoms with Crippen LogP contribution in [0.3, 0.4) is 0 Å². The third kappa shape index (κ3) is 3.88. The molecular formula is C22H25NO3S. The van der Waals surface area contributed by atoms with Gasteiger partial charge in [0.1, 0.15) is 0 Å². The van der Waals surface area contributed by atoms with Gasteiger partial charge < -0.3 is 9.64 Å². The van der Waals surface area contributed by atoms with Crippen LogP contribution in [0.4, 0.5) is 4.79 Å². The molecule has 1 amide bonds. The number of likely N-dealkylation sites (tertiary alicyclic amines) is 1. The minimum atomic E-state index is -0.669. The van der Waals surface area contributed by atoms with E-state index in [-0.39, 0.29) is 17.3 Å². The first kappa shape index (κ1) is 19.5. The van der Waals surface area contributed by atoms with Crippen LogP contribution >= 0.6 is 11.8 Å². The summed E-state index contributed by atoms with van der Waals surface area (Å²) in [4.78, 5) is 26.9.